The lowest BCUT2D eigenvalue weighted by molar-refractivity contribution is -0.188. The molecule has 1 saturated carbocycles. The fraction of sp³-hybridized carbons (Fsp3) is 1.00. The molecule has 3 nitrogen and oxygen atoms in total. The van der Waals surface area contributed by atoms with E-state index in [2.05, 4.69) is 6.92 Å². The number of hydrogen-bond acceptors (Lipinski definition) is 3. The van der Waals surface area contributed by atoms with E-state index in [9.17, 15) is 0 Å². The molecule has 4 atom stereocenters. The van der Waals surface area contributed by atoms with E-state index in [0.717, 1.165) is 38.6 Å². The van der Waals surface area contributed by atoms with Crippen LogP contribution >= 0.6 is 0 Å². The first-order valence-corrected chi connectivity index (χ1v) is 7.11. The molecule has 3 heteroatoms. The first-order chi connectivity index (χ1) is 8.26. The largest absolute Gasteiger partial charge is 0.381 e. The average Bonchev–Trinajstić information content (AvgIpc) is 2.66. The Morgan fingerprint density at radius 1 is 1.18 bits per heavy atom. The van der Waals surface area contributed by atoms with E-state index in [1.807, 2.05) is 0 Å². The highest BCUT2D eigenvalue weighted by Crippen LogP contribution is 2.48. The Balaban J connectivity index is 1.55. The van der Waals surface area contributed by atoms with Gasteiger partial charge < -0.3 is 14.2 Å². The Hall–Kier alpha value is -0.120. The maximum absolute atomic E-state index is 6.13. The maximum Gasteiger partial charge on any atom is 0.157 e. The van der Waals surface area contributed by atoms with Crippen LogP contribution in [0.2, 0.25) is 0 Å². The highest BCUT2D eigenvalue weighted by molar-refractivity contribution is 4.95. The first kappa shape index (κ1) is 11.9. The van der Waals surface area contributed by atoms with Crippen LogP contribution in [0.5, 0.6) is 0 Å². The van der Waals surface area contributed by atoms with Crippen LogP contribution in [0.25, 0.3) is 0 Å². The molecule has 0 spiro atoms. The van der Waals surface area contributed by atoms with Crippen LogP contribution in [0.1, 0.15) is 45.4 Å². The van der Waals surface area contributed by atoms with Crippen LogP contribution in [-0.4, -0.2) is 32.2 Å². The summed E-state index contributed by atoms with van der Waals surface area (Å²) in [7, 11) is 0. The molecule has 0 aromatic heterocycles. The Morgan fingerprint density at radius 3 is 2.88 bits per heavy atom. The van der Waals surface area contributed by atoms with Crippen molar-refractivity contribution >= 4 is 0 Å². The Bertz CT molecular complexity index is 262. The van der Waals surface area contributed by atoms with Crippen molar-refractivity contribution < 1.29 is 14.2 Å². The molecule has 2 heterocycles. The van der Waals surface area contributed by atoms with Crippen molar-refractivity contribution in [1.29, 1.82) is 0 Å². The number of rotatable bonds is 2. The lowest BCUT2D eigenvalue weighted by Gasteiger charge is -2.35. The minimum Gasteiger partial charge on any atom is -0.381 e. The van der Waals surface area contributed by atoms with Crippen molar-refractivity contribution in [3.63, 3.8) is 0 Å². The van der Waals surface area contributed by atoms with Crippen LogP contribution in [0.3, 0.4) is 0 Å². The minimum atomic E-state index is 0.0680. The molecular formula is C14H24O3. The number of fused-ring (bicyclic) bond motifs is 1. The van der Waals surface area contributed by atoms with Gasteiger partial charge in [0.25, 0.3) is 0 Å². The summed E-state index contributed by atoms with van der Waals surface area (Å²) in [5, 5.41) is 0. The van der Waals surface area contributed by atoms with Gasteiger partial charge in [-0.05, 0) is 49.9 Å². The molecule has 0 aromatic carbocycles. The summed E-state index contributed by atoms with van der Waals surface area (Å²) in [5.74, 6) is 0.796. The van der Waals surface area contributed by atoms with Crippen LogP contribution in [0.4, 0.5) is 0 Å². The predicted octanol–water partition coefficient (Wildman–Crippen LogP) is 2.73. The Labute approximate surface area is 104 Å². The van der Waals surface area contributed by atoms with Crippen LogP contribution in [0, 0.1) is 11.3 Å². The maximum atomic E-state index is 6.13. The van der Waals surface area contributed by atoms with Gasteiger partial charge in [-0.3, -0.25) is 0 Å². The topological polar surface area (TPSA) is 27.7 Å². The zero-order chi connectivity index (χ0) is 11.7. The zero-order valence-electron chi connectivity index (χ0n) is 10.8. The van der Waals surface area contributed by atoms with Gasteiger partial charge in [-0.1, -0.05) is 6.92 Å². The second-order valence-corrected chi connectivity index (χ2v) is 6.19. The summed E-state index contributed by atoms with van der Waals surface area (Å²) >= 11 is 0. The normalized spacial score (nSPS) is 46.8. The molecule has 3 fully saturated rings. The summed E-state index contributed by atoms with van der Waals surface area (Å²) in [4.78, 5) is 0. The van der Waals surface area contributed by atoms with Crippen molar-refractivity contribution in [2.75, 3.05) is 19.8 Å². The van der Waals surface area contributed by atoms with Gasteiger partial charge in [0.1, 0.15) is 0 Å². The first-order valence-electron chi connectivity index (χ1n) is 7.11. The Kier molecular flexibility index (Phi) is 3.42. The molecule has 2 saturated heterocycles. The van der Waals surface area contributed by atoms with Gasteiger partial charge in [0.15, 0.2) is 6.29 Å². The lowest BCUT2D eigenvalue weighted by atomic mass is 9.77. The quantitative estimate of drug-likeness (QED) is 0.743. The minimum absolute atomic E-state index is 0.0680. The molecular weight excluding hydrogens is 216 g/mol. The lowest BCUT2D eigenvalue weighted by Crippen LogP contribution is -2.33. The van der Waals surface area contributed by atoms with Crippen molar-refractivity contribution in [2.24, 2.45) is 11.3 Å². The fourth-order valence-corrected chi connectivity index (χ4v) is 3.68. The average molecular weight is 240 g/mol. The van der Waals surface area contributed by atoms with Crippen LogP contribution in [0.15, 0.2) is 0 Å². The van der Waals surface area contributed by atoms with Gasteiger partial charge in [0.05, 0.1) is 12.7 Å². The summed E-state index contributed by atoms with van der Waals surface area (Å²) in [5.41, 5.74) is 0.359. The van der Waals surface area contributed by atoms with E-state index in [-0.39, 0.29) is 6.29 Å². The SMILES string of the molecule is CC12COCCC1CC(OC1CCCCO1)C2. The highest BCUT2D eigenvalue weighted by atomic mass is 16.7. The number of hydrogen-bond donors (Lipinski definition) is 0. The molecule has 0 N–H and O–H groups in total. The molecule has 3 rings (SSSR count). The molecule has 17 heavy (non-hydrogen) atoms. The molecule has 0 amide bonds. The van der Waals surface area contributed by atoms with E-state index in [1.165, 1.54) is 25.7 Å². The van der Waals surface area contributed by atoms with Crippen molar-refractivity contribution in [2.45, 2.75) is 57.8 Å². The van der Waals surface area contributed by atoms with E-state index in [0.29, 0.717) is 11.5 Å². The number of ether oxygens (including phenoxy) is 3. The standard InChI is InChI=1S/C14H24O3/c1-14-9-12(8-11(14)5-7-15-10-14)17-13-4-2-3-6-16-13/h11-13H,2-10H2,1H3. The molecule has 1 aliphatic carbocycles. The zero-order valence-corrected chi connectivity index (χ0v) is 10.8. The van der Waals surface area contributed by atoms with Gasteiger partial charge in [0, 0.05) is 13.2 Å². The predicted molar refractivity (Wildman–Crippen MR) is 64.7 cm³/mol. The van der Waals surface area contributed by atoms with Crippen molar-refractivity contribution in [3.05, 3.63) is 0 Å². The molecule has 3 aliphatic rings. The summed E-state index contributed by atoms with van der Waals surface area (Å²) in [6, 6.07) is 0. The van der Waals surface area contributed by atoms with Crippen LogP contribution in [-0.2, 0) is 14.2 Å². The monoisotopic (exact) mass is 240 g/mol. The van der Waals surface area contributed by atoms with Gasteiger partial charge in [-0.15, -0.1) is 0 Å². The van der Waals surface area contributed by atoms with E-state index < -0.39 is 0 Å². The van der Waals surface area contributed by atoms with E-state index >= 15 is 0 Å². The van der Waals surface area contributed by atoms with Crippen LogP contribution < -0.4 is 0 Å². The summed E-state index contributed by atoms with van der Waals surface area (Å²) in [6.07, 6.45) is 7.56. The van der Waals surface area contributed by atoms with Gasteiger partial charge in [-0.2, -0.15) is 0 Å². The van der Waals surface area contributed by atoms with Gasteiger partial charge in [0.2, 0.25) is 0 Å². The molecule has 4 unspecified atom stereocenters. The molecule has 0 bridgehead atoms. The molecule has 2 aliphatic heterocycles. The smallest absolute Gasteiger partial charge is 0.157 e. The fourth-order valence-electron chi connectivity index (χ4n) is 3.68. The van der Waals surface area contributed by atoms with Crippen molar-refractivity contribution in [1.82, 2.24) is 0 Å². The third-order valence-corrected chi connectivity index (χ3v) is 4.75. The van der Waals surface area contributed by atoms with Gasteiger partial charge >= 0.3 is 0 Å². The van der Waals surface area contributed by atoms with Crippen molar-refractivity contribution in [3.8, 4) is 0 Å². The summed E-state index contributed by atoms with van der Waals surface area (Å²) < 4.78 is 17.4. The third-order valence-electron chi connectivity index (χ3n) is 4.75. The second-order valence-electron chi connectivity index (χ2n) is 6.19. The van der Waals surface area contributed by atoms with Gasteiger partial charge in [-0.25, -0.2) is 0 Å². The third kappa shape index (κ3) is 2.51. The molecule has 98 valence electrons. The molecule has 0 radical (unpaired) electrons. The van der Waals surface area contributed by atoms with E-state index in [1.54, 1.807) is 0 Å². The summed E-state index contributed by atoms with van der Waals surface area (Å²) in [6.45, 7) is 5.10. The Morgan fingerprint density at radius 2 is 2.12 bits per heavy atom. The van der Waals surface area contributed by atoms with E-state index in [4.69, 9.17) is 14.2 Å². The second kappa shape index (κ2) is 4.87. The molecule has 0 aromatic rings. The highest BCUT2D eigenvalue weighted by Gasteiger charge is 2.46.